The van der Waals surface area contributed by atoms with Crippen LogP contribution in [0.25, 0.3) is 0 Å². The largest absolute Gasteiger partial charge is 0.481 e. The zero-order valence-electron chi connectivity index (χ0n) is 10.9. The predicted octanol–water partition coefficient (Wildman–Crippen LogP) is 0.443. The van der Waals surface area contributed by atoms with E-state index in [-0.39, 0.29) is 12.8 Å². The quantitative estimate of drug-likeness (QED) is 0.675. The van der Waals surface area contributed by atoms with Crippen molar-refractivity contribution in [3.63, 3.8) is 0 Å². The fourth-order valence-electron chi connectivity index (χ4n) is 1.71. The van der Waals surface area contributed by atoms with E-state index in [1.807, 2.05) is 22.6 Å². The molecule has 0 aliphatic rings. The average Bonchev–Trinajstić information content (AvgIpc) is 2.73. The van der Waals surface area contributed by atoms with Crippen LogP contribution in [0.15, 0.2) is 12.3 Å². The molecule has 0 spiro atoms. The molecule has 0 amide bonds. The lowest BCUT2D eigenvalue weighted by Gasteiger charge is -2.20. The summed E-state index contributed by atoms with van der Waals surface area (Å²) >= 11 is 0. The topological polar surface area (TPSA) is 95.7 Å². The van der Waals surface area contributed by atoms with Crippen molar-refractivity contribution in [2.24, 2.45) is 0 Å². The Kier molecular flexibility index (Phi) is 6.01. The van der Waals surface area contributed by atoms with Gasteiger partial charge < -0.3 is 15.1 Å². The van der Waals surface area contributed by atoms with Crippen LogP contribution in [0.5, 0.6) is 0 Å². The van der Waals surface area contributed by atoms with Crippen LogP contribution in [0, 0.1) is 6.92 Å². The van der Waals surface area contributed by atoms with Crippen molar-refractivity contribution in [2.45, 2.75) is 26.3 Å². The SMILES string of the molecule is Cc1ccnn1CCN(CCC(=O)O)CCC(=O)O. The lowest BCUT2D eigenvalue weighted by atomic mass is 10.3. The average molecular weight is 269 g/mol. The summed E-state index contributed by atoms with van der Waals surface area (Å²) in [4.78, 5) is 23.0. The number of aryl methyl sites for hydroxylation is 1. The van der Waals surface area contributed by atoms with Crippen molar-refractivity contribution in [3.05, 3.63) is 18.0 Å². The summed E-state index contributed by atoms with van der Waals surface area (Å²) in [6, 6.07) is 1.89. The second-order valence-corrected chi connectivity index (χ2v) is 4.32. The van der Waals surface area contributed by atoms with Crippen molar-refractivity contribution in [1.82, 2.24) is 14.7 Å². The molecule has 2 N–H and O–H groups in total. The second kappa shape index (κ2) is 7.52. The van der Waals surface area contributed by atoms with Crippen LogP contribution in [-0.4, -0.2) is 56.5 Å². The van der Waals surface area contributed by atoms with Gasteiger partial charge in [-0.05, 0) is 13.0 Å². The standard InChI is InChI=1S/C12H19N3O4/c1-10-2-5-13-15(10)9-8-14(6-3-11(16)17)7-4-12(18)19/h2,5H,3-4,6-9H2,1H3,(H,16,17)(H,18,19). The monoisotopic (exact) mass is 269 g/mol. The molecule has 1 aromatic heterocycles. The Labute approximate surface area is 111 Å². The van der Waals surface area contributed by atoms with Crippen molar-refractivity contribution in [2.75, 3.05) is 19.6 Å². The lowest BCUT2D eigenvalue weighted by Crippen LogP contribution is -2.32. The third-order valence-corrected chi connectivity index (χ3v) is 2.84. The molecule has 1 aromatic rings. The number of aliphatic carboxylic acids is 2. The fraction of sp³-hybridized carbons (Fsp3) is 0.583. The minimum atomic E-state index is -0.879. The van der Waals surface area contributed by atoms with Gasteiger partial charge in [-0.3, -0.25) is 14.3 Å². The molecule has 19 heavy (non-hydrogen) atoms. The number of carbonyl (C=O) groups is 2. The first-order valence-corrected chi connectivity index (χ1v) is 6.13. The minimum absolute atomic E-state index is 0.0116. The van der Waals surface area contributed by atoms with E-state index in [4.69, 9.17) is 10.2 Å². The number of carboxylic acid groups (broad SMARTS) is 2. The molecular weight excluding hydrogens is 250 g/mol. The molecule has 7 nitrogen and oxygen atoms in total. The molecule has 0 aliphatic heterocycles. The summed E-state index contributed by atoms with van der Waals surface area (Å²) in [5.41, 5.74) is 1.02. The fourth-order valence-corrected chi connectivity index (χ4v) is 1.71. The maximum Gasteiger partial charge on any atom is 0.304 e. The van der Waals surface area contributed by atoms with E-state index >= 15 is 0 Å². The smallest absolute Gasteiger partial charge is 0.304 e. The molecule has 0 radical (unpaired) electrons. The summed E-state index contributed by atoms with van der Waals surface area (Å²) in [6.45, 7) is 3.85. The maximum absolute atomic E-state index is 10.6. The van der Waals surface area contributed by atoms with Gasteiger partial charge in [0.2, 0.25) is 0 Å². The molecule has 0 saturated heterocycles. The Hall–Kier alpha value is -1.89. The highest BCUT2D eigenvalue weighted by atomic mass is 16.4. The molecule has 0 saturated carbocycles. The molecular formula is C12H19N3O4. The first kappa shape index (κ1) is 15.2. The maximum atomic E-state index is 10.6. The van der Waals surface area contributed by atoms with Gasteiger partial charge in [0.1, 0.15) is 0 Å². The Morgan fingerprint density at radius 2 is 1.79 bits per heavy atom. The Morgan fingerprint density at radius 1 is 1.21 bits per heavy atom. The summed E-state index contributed by atoms with van der Waals surface area (Å²) in [6.07, 6.45) is 1.73. The van der Waals surface area contributed by atoms with Crippen LogP contribution in [0.1, 0.15) is 18.5 Å². The summed E-state index contributed by atoms with van der Waals surface area (Å²) in [5.74, 6) is -1.76. The number of hydrogen-bond donors (Lipinski definition) is 2. The van der Waals surface area contributed by atoms with Gasteiger partial charge in [0.05, 0.1) is 19.4 Å². The normalized spacial score (nSPS) is 10.8. The van der Waals surface area contributed by atoms with Gasteiger partial charge in [-0.1, -0.05) is 0 Å². The van der Waals surface area contributed by atoms with Crippen LogP contribution in [0.2, 0.25) is 0 Å². The number of nitrogens with zero attached hydrogens (tertiary/aromatic N) is 3. The van der Waals surface area contributed by atoms with Gasteiger partial charge in [0.25, 0.3) is 0 Å². The molecule has 0 aromatic carbocycles. The first-order valence-electron chi connectivity index (χ1n) is 6.13. The van der Waals surface area contributed by atoms with Gasteiger partial charge in [-0.15, -0.1) is 0 Å². The van der Waals surface area contributed by atoms with Crippen LogP contribution >= 0.6 is 0 Å². The Balaban J connectivity index is 2.45. The van der Waals surface area contributed by atoms with Crippen molar-refractivity contribution < 1.29 is 19.8 Å². The zero-order chi connectivity index (χ0) is 14.3. The number of aromatic nitrogens is 2. The highest BCUT2D eigenvalue weighted by molar-refractivity contribution is 5.67. The van der Waals surface area contributed by atoms with Crippen molar-refractivity contribution in [1.29, 1.82) is 0 Å². The highest BCUT2D eigenvalue weighted by Gasteiger charge is 2.10. The predicted molar refractivity (Wildman–Crippen MR) is 67.9 cm³/mol. The number of rotatable bonds is 9. The van der Waals surface area contributed by atoms with Crippen molar-refractivity contribution in [3.8, 4) is 0 Å². The highest BCUT2D eigenvalue weighted by Crippen LogP contribution is 2.00. The third-order valence-electron chi connectivity index (χ3n) is 2.84. The molecule has 1 heterocycles. The second-order valence-electron chi connectivity index (χ2n) is 4.32. The molecule has 0 atom stereocenters. The van der Waals surface area contributed by atoms with Gasteiger partial charge in [-0.2, -0.15) is 5.10 Å². The molecule has 0 bridgehead atoms. The molecule has 7 heteroatoms. The Bertz CT molecular complexity index is 412. The van der Waals surface area contributed by atoms with Gasteiger partial charge in [0.15, 0.2) is 0 Å². The van der Waals surface area contributed by atoms with Crippen LogP contribution < -0.4 is 0 Å². The molecule has 1 rings (SSSR count). The number of hydrogen-bond acceptors (Lipinski definition) is 4. The molecule has 0 fully saturated rings. The Morgan fingerprint density at radius 3 is 2.21 bits per heavy atom. The zero-order valence-corrected chi connectivity index (χ0v) is 10.9. The summed E-state index contributed by atoms with van der Waals surface area (Å²) in [7, 11) is 0. The first-order chi connectivity index (χ1) is 8.99. The van der Waals surface area contributed by atoms with Crippen LogP contribution in [0.3, 0.4) is 0 Å². The summed E-state index contributed by atoms with van der Waals surface area (Å²) < 4.78 is 1.81. The van der Waals surface area contributed by atoms with Gasteiger partial charge in [0, 0.05) is 31.5 Å². The van der Waals surface area contributed by atoms with E-state index in [0.717, 1.165) is 5.69 Å². The van der Waals surface area contributed by atoms with Crippen molar-refractivity contribution >= 4 is 11.9 Å². The van der Waals surface area contributed by atoms with Gasteiger partial charge in [-0.25, -0.2) is 0 Å². The van der Waals surface area contributed by atoms with Gasteiger partial charge >= 0.3 is 11.9 Å². The summed E-state index contributed by atoms with van der Waals surface area (Å²) in [5, 5.41) is 21.5. The van der Waals surface area contributed by atoms with Crippen LogP contribution in [0.4, 0.5) is 0 Å². The lowest BCUT2D eigenvalue weighted by molar-refractivity contribution is -0.137. The van der Waals surface area contributed by atoms with E-state index in [1.54, 1.807) is 6.20 Å². The van der Waals surface area contributed by atoms with E-state index < -0.39 is 11.9 Å². The third kappa shape index (κ3) is 6.01. The van der Waals surface area contributed by atoms with E-state index in [9.17, 15) is 9.59 Å². The van der Waals surface area contributed by atoms with Crippen LogP contribution in [-0.2, 0) is 16.1 Å². The molecule has 0 aliphatic carbocycles. The number of carboxylic acids is 2. The molecule has 106 valence electrons. The minimum Gasteiger partial charge on any atom is -0.481 e. The van der Waals surface area contributed by atoms with E-state index in [2.05, 4.69) is 5.10 Å². The molecule has 0 unspecified atom stereocenters. The van der Waals surface area contributed by atoms with E-state index in [0.29, 0.717) is 26.2 Å². The van der Waals surface area contributed by atoms with E-state index in [1.165, 1.54) is 0 Å².